The fraction of sp³-hybridized carbons (Fsp3) is 0.467. The molecule has 3 rings (SSSR count). The molecule has 1 aliphatic heterocycles. The molecule has 1 aliphatic rings. The quantitative estimate of drug-likeness (QED) is 0.841. The second-order valence-corrected chi connectivity index (χ2v) is 5.81. The molecular formula is C15H19ClN6O2. The Balaban J connectivity index is 1.73. The molecule has 0 spiro atoms. The first-order chi connectivity index (χ1) is 11.7. The molecule has 0 aliphatic carbocycles. The van der Waals surface area contributed by atoms with Crippen LogP contribution < -0.4 is 15.0 Å². The van der Waals surface area contributed by atoms with Crippen molar-refractivity contribution in [3.05, 3.63) is 29.8 Å². The zero-order chi connectivity index (χ0) is 16.9. The first-order valence-corrected chi connectivity index (χ1v) is 7.95. The number of aromatic nitrogens is 4. The highest BCUT2D eigenvalue weighted by molar-refractivity contribution is 6.32. The van der Waals surface area contributed by atoms with Crippen LogP contribution in [0.5, 0.6) is 6.01 Å². The number of nitrogens with one attached hydrogen (secondary N) is 1. The minimum atomic E-state index is 0.155. The van der Waals surface area contributed by atoms with Gasteiger partial charge in [-0.05, 0) is 12.5 Å². The molecule has 0 bridgehead atoms. The molecule has 2 aromatic heterocycles. The van der Waals surface area contributed by atoms with Crippen LogP contribution in [0.3, 0.4) is 0 Å². The van der Waals surface area contributed by atoms with E-state index in [1.807, 2.05) is 6.07 Å². The van der Waals surface area contributed by atoms with E-state index < -0.39 is 0 Å². The third kappa shape index (κ3) is 3.65. The van der Waals surface area contributed by atoms with Gasteiger partial charge in [-0.15, -0.1) is 0 Å². The maximum absolute atomic E-state index is 6.15. The van der Waals surface area contributed by atoms with Gasteiger partial charge in [0.1, 0.15) is 17.2 Å². The maximum atomic E-state index is 6.15. The smallest absolute Gasteiger partial charge is 0.318 e. The van der Waals surface area contributed by atoms with Gasteiger partial charge < -0.3 is 19.7 Å². The lowest BCUT2D eigenvalue weighted by Gasteiger charge is -2.25. The minimum absolute atomic E-state index is 0.155. The van der Waals surface area contributed by atoms with E-state index in [0.717, 1.165) is 18.8 Å². The zero-order valence-corrected chi connectivity index (χ0v) is 14.3. The van der Waals surface area contributed by atoms with Crippen molar-refractivity contribution in [1.82, 2.24) is 19.9 Å². The van der Waals surface area contributed by atoms with Gasteiger partial charge in [-0.2, -0.15) is 4.98 Å². The molecule has 8 nitrogen and oxygen atoms in total. The normalized spacial score (nSPS) is 20.2. The molecule has 1 saturated heterocycles. The van der Waals surface area contributed by atoms with Gasteiger partial charge in [-0.25, -0.2) is 15.0 Å². The molecule has 2 atom stereocenters. The Morgan fingerprint density at radius 3 is 2.96 bits per heavy atom. The summed E-state index contributed by atoms with van der Waals surface area (Å²) in [6.07, 6.45) is 5.84. The van der Waals surface area contributed by atoms with Gasteiger partial charge in [-0.3, -0.25) is 0 Å². The van der Waals surface area contributed by atoms with E-state index in [1.165, 1.54) is 13.3 Å². The summed E-state index contributed by atoms with van der Waals surface area (Å²) < 4.78 is 10.6. The molecule has 3 heterocycles. The molecule has 0 unspecified atom stereocenters. The molecular weight excluding hydrogens is 332 g/mol. The average Bonchev–Trinajstić information content (AvgIpc) is 3.05. The van der Waals surface area contributed by atoms with E-state index >= 15 is 0 Å². The molecule has 128 valence electrons. The van der Waals surface area contributed by atoms with Gasteiger partial charge in [0.25, 0.3) is 0 Å². The number of halogens is 1. The molecule has 24 heavy (non-hydrogen) atoms. The molecule has 2 aromatic rings. The fourth-order valence-corrected chi connectivity index (χ4v) is 2.92. The molecule has 0 amide bonds. The average molecular weight is 351 g/mol. The van der Waals surface area contributed by atoms with E-state index in [1.54, 1.807) is 19.6 Å². The Morgan fingerprint density at radius 1 is 1.38 bits per heavy atom. The number of hydrogen-bond donors (Lipinski definition) is 1. The third-order valence-corrected chi connectivity index (χ3v) is 4.26. The molecule has 0 saturated carbocycles. The van der Waals surface area contributed by atoms with Crippen molar-refractivity contribution in [2.45, 2.75) is 18.6 Å². The summed E-state index contributed by atoms with van der Waals surface area (Å²) in [7, 11) is 3.24. The zero-order valence-electron chi connectivity index (χ0n) is 13.5. The topological polar surface area (TPSA) is 85.3 Å². The predicted octanol–water partition coefficient (Wildman–Crippen LogP) is 1.63. The second kappa shape index (κ2) is 7.59. The first kappa shape index (κ1) is 16.7. The Labute approximate surface area is 145 Å². The summed E-state index contributed by atoms with van der Waals surface area (Å²) in [5.74, 6) is 1.43. The van der Waals surface area contributed by atoms with Gasteiger partial charge in [0.15, 0.2) is 5.82 Å². The monoisotopic (exact) mass is 350 g/mol. The molecule has 0 radical (unpaired) electrons. The summed E-state index contributed by atoms with van der Waals surface area (Å²) in [5, 5.41) is 3.72. The summed E-state index contributed by atoms with van der Waals surface area (Å²) in [4.78, 5) is 18.7. The van der Waals surface area contributed by atoms with Crippen LogP contribution in [0.25, 0.3) is 0 Å². The number of anilines is 2. The van der Waals surface area contributed by atoms with E-state index in [9.17, 15) is 0 Å². The van der Waals surface area contributed by atoms with Crippen LogP contribution in [0.4, 0.5) is 11.6 Å². The van der Waals surface area contributed by atoms with Gasteiger partial charge in [-0.1, -0.05) is 11.6 Å². The summed E-state index contributed by atoms with van der Waals surface area (Å²) in [6, 6.07) is 2.36. The third-order valence-electron chi connectivity index (χ3n) is 3.98. The van der Waals surface area contributed by atoms with Gasteiger partial charge in [0, 0.05) is 26.4 Å². The Morgan fingerprint density at radius 2 is 2.25 bits per heavy atom. The van der Waals surface area contributed by atoms with Crippen molar-refractivity contribution in [1.29, 1.82) is 0 Å². The summed E-state index contributed by atoms with van der Waals surface area (Å²) in [5.41, 5.74) is 0. The fourth-order valence-electron chi connectivity index (χ4n) is 2.76. The molecule has 9 heteroatoms. The van der Waals surface area contributed by atoms with Crippen molar-refractivity contribution in [3.8, 4) is 6.01 Å². The highest BCUT2D eigenvalue weighted by atomic mass is 35.5. The van der Waals surface area contributed by atoms with Gasteiger partial charge in [0.05, 0.1) is 25.5 Å². The van der Waals surface area contributed by atoms with E-state index in [0.29, 0.717) is 17.4 Å². The number of methoxy groups -OCH3 is 2. The molecule has 0 aromatic carbocycles. The Bertz CT molecular complexity index is 674. The Hall–Kier alpha value is -2.19. The molecule has 1 fully saturated rings. The van der Waals surface area contributed by atoms with Crippen LogP contribution in [0.2, 0.25) is 5.02 Å². The maximum Gasteiger partial charge on any atom is 0.318 e. The Kier molecular flexibility index (Phi) is 5.27. The highest BCUT2D eigenvalue weighted by Gasteiger charge is 2.33. The lowest BCUT2D eigenvalue weighted by molar-refractivity contribution is 0.118. The van der Waals surface area contributed by atoms with Gasteiger partial charge >= 0.3 is 6.01 Å². The van der Waals surface area contributed by atoms with Gasteiger partial charge in [0.2, 0.25) is 0 Å². The summed E-state index contributed by atoms with van der Waals surface area (Å²) >= 11 is 6.15. The van der Waals surface area contributed by atoms with Crippen molar-refractivity contribution in [3.63, 3.8) is 0 Å². The van der Waals surface area contributed by atoms with Crippen LogP contribution in [-0.2, 0) is 4.74 Å². The largest absolute Gasteiger partial charge is 0.467 e. The SMILES string of the molecule is COc1ncc(Cl)c(NC[C@H]2C[C@@H](OC)CN2c2ccncn2)n1. The first-order valence-electron chi connectivity index (χ1n) is 7.57. The number of ether oxygens (including phenoxy) is 2. The van der Waals surface area contributed by atoms with Crippen LogP contribution in [0.15, 0.2) is 24.8 Å². The molecule has 1 N–H and O–H groups in total. The summed E-state index contributed by atoms with van der Waals surface area (Å²) in [6.45, 7) is 1.42. The van der Waals surface area contributed by atoms with Crippen LogP contribution in [-0.4, -0.2) is 59.4 Å². The number of rotatable bonds is 6. The standard InChI is InChI=1S/C15H19ClN6O2/c1-23-11-5-10(22(8-11)13-3-4-17-9-20-13)6-18-14-12(16)7-19-15(21-14)24-2/h3-4,7,9-11H,5-6,8H2,1-2H3,(H,18,19,21)/t10-,11-/m1/s1. The lowest BCUT2D eigenvalue weighted by atomic mass is 10.2. The van der Waals surface area contributed by atoms with E-state index in [4.69, 9.17) is 21.1 Å². The van der Waals surface area contributed by atoms with Crippen molar-refractivity contribution >= 4 is 23.2 Å². The van der Waals surface area contributed by atoms with Crippen LogP contribution in [0, 0.1) is 0 Å². The van der Waals surface area contributed by atoms with E-state index in [-0.39, 0.29) is 18.2 Å². The van der Waals surface area contributed by atoms with Crippen LogP contribution >= 0.6 is 11.6 Å². The van der Waals surface area contributed by atoms with Crippen molar-refractivity contribution < 1.29 is 9.47 Å². The van der Waals surface area contributed by atoms with Crippen molar-refractivity contribution in [2.24, 2.45) is 0 Å². The highest BCUT2D eigenvalue weighted by Crippen LogP contribution is 2.26. The minimum Gasteiger partial charge on any atom is -0.467 e. The lowest BCUT2D eigenvalue weighted by Crippen LogP contribution is -2.35. The predicted molar refractivity (Wildman–Crippen MR) is 90.7 cm³/mol. The van der Waals surface area contributed by atoms with E-state index in [2.05, 4.69) is 30.2 Å². The number of hydrogen-bond acceptors (Lipinski definition) is 8. The van der Waals surface area contributed by atoms with Crippen LogP contribution in [0.1, 0.15) is 6.42 Å². The van der Waals surface area contributed by atoms with Crippen molar-refractivity contribution in [2.75, 3.05) is 37.5 Å². The second-order valence-electron chi connectivity index (χ2n) is 5.40. The number of nitrogens with zero attached hydrogens (tertiary/aromatic N) is 5.